The number of nitrogens with zero attached hydrogens (tertiary/aromatic N) is 1. The first kappa shape index (κ1) is 10.4. The summed E-state index contributed by atoms with van der Waals surface area (Å²) in [5.74, 6) is 1.73. The SMILES string of the molecule is CC1CC(C)N(C(C)(CN)C2CC2)C1. The zero-order valence-electron chi connectivity index (χ0n) is 9.79. The van der Waals surface area contributed by atoms with Crippen molar-refractivity contribution in [3.8, 4) is 0 Å². The van der Waals surface area contributed by atoms with E-state index in [-0.39, 0.29) is 0 Å². The van der Waals surface area contributed by atoms with E-state index in [2.05, 4.69) is 25.7 Å². The van der Waals surface area contributed by atoms with Gasteiger partial charge < -0.3 is 5.73 Å². The second-order valence-electron chi connectivity index (χ2n) is 5.68. The average molecular weight is 196 g/mol. The van der Waals surface area contributed by atoms with Crippen molar-refractivity contribution in [1.82, 2.24) is 4.90 Å². The number of nitrogens with two attached hydrogens (primary N) is 1. The maximum absolute atomic E-state index is 5.99. The molecule has 2 heteroatoms. The van der Waals surface area contributed by atoms with Crippen molar-refractivity contribution in [1.29, 1.82) is 0 Å². The second-order valence-corrected chi connectivity index (χ2v) is 5.68. The van der Waals surface area contributed by atoms with Crippen molar-refractivity contribution in [2.45, 2.75) is 51.6 Å². The van der Waals surface area contributed by atoms with Gasteiger partial charge in [0.05, 0.1) is 0 Å². The first-order valence-electron chi connectivity index (χ1n) is 6.04. The second kappa shape index (κ2) is 3.49. The van der Waals surface area contributed by atoms with Gasteiger partial charge in [-0.2, -0.15) is 0 Å². The van der Waals surface area contributed by atoms with Crippen molar-refractivity contribution < 1.29 is 0 Å². The van der Waals surface area contributed by atoms with Crippen LogP contribution in [0.3, 0.4) is 0 Å². The van der Waals surface area contributed by atoms with Crippen LogP contribution in [0.2, 0.25) is 0 Å². The standard InChI is InChI=1S/C12H24N2/c1-9-6-10(2)14(7-9)12(3,8-13)11-4-5-11/h9-11H,4-8,13H2,1-3H3. The van der Waals surface area contributed by atoms with Gasteiger partial charge in [0.15, 0.2) is 0 Å². The average Bonchev–Trinajstić information content (AvgIpc) is 2.92. The maximum atomic E-state index is 5.99. The van der Waals surface area contributed by atoms with E-state index in [4.69, 9.17) is 5.73 Å². The summed E-state index contributed by atoms with van der Waals surface area (Å²) in [6.07, 6.45) is 4.14. The van der Waals surface area contributed by atoms with Gasteiger partial charge in [-0.1, -0.05) is 6.92 Å². The molecule has 82 valence electrons. The van der Waals surface area contributed by atoms with Gasteiger partial charge in [0.1, 0.15) is 0 Å². The van der Waals surface area contributed by atoms with E-state index in [1.807, 2.05) is 0 Å². The molecule has 2 nitrogen and oxygen atoms in total. The van der Waals surface area contributed by atoms with Crippen LogP contribution >= 0.6 is 0 Å². The number of hydrogen-bond acceptors (Lipinski definition) is 2. The van der Waals surface area contributed by atoms with Crippen molar-refractivity contribution in [3.63, 3.8) is 0 Å². The molecule has 2 aliphatic rings. The minimum Gasteiger partial charge on any atom is -0.329 e. The lowest BCUT2D eigenvalue weighted by molar-refractivity contribution is 0.0805. The quantitative estimate of drug-likeness (QED) is 0.746. The molecule has 2 fully saturated rings. The van der Waals surface area contributed by atoms with E-state index in [9.17, 15) is 0 Å². The highest BCUT2D eigenvalue weighted by Gasteiger charge is 2.48. The van der Waals surface area contributed by atoms with Gasteiger partial charge in [0.25, 0.3) is 0 Å². The van der Waals surface area contributed by atoms with Crippen molar-refractivity contribution in [2.24, 2.45) is 17.6 Å². The zero-order valence-corrected chi connectivity index (χ0v) is 9.79. The van der Waals surface area contributed by atoms with Crippen molar-refractivity contribution >= 4 is 0 Å². The monoisotopic (exact) mass is 196 g/mol. The Bertz CT molecular complexity index is 212. The van der Waals surface area contributed by atoms with Crippen molar-refractivity contribution in [3.05, 3.63) is 0 Å². The third-order valence-electron chi connectivity index (χ3n) is 4.31. The van der Waals surface area contributed by atoms with Crippen molar-refractivity contribution in [2.75, 3.05) is 13.1 Å². The Morgan fingerprint density at radius 3 is 2.36 bits per heavy atom. The lowest BCUT2D eigenvalue weighted by atomic mass is 9.93. The van der Waals surface area contributed by atoms with Crippen LogP contribution in [0, 0.1) is 11.8 Å². The van der Waals surface area contributed by atoms with Crippen LogP contribution in [-0.2, 0) is 0 Å². The summed E-state index contributed by atoms with van der Waals surface area (Å²) in [5.41, 5.74) is 6.29. The molecule has 2 N–H and O–H groups in total. The maximum Gasteiger partial charge on any atom is 0.0334 e. The Labute approximate surface area is 87.8 Å². The third kappa shape index (κ3) is 1.59. The van der Waals surface area contributed by atoms with Crippen LogP contribution in [0.5, 0.6) is 0 Å². The van der Waals surface area contributed by atoms with Gasteiger partial charge in [-0.3, -0.25) is 4.90 Å². The highest BCUT2D eigenvalue weighted by molar-refractivity contribution is 5.03. The fourth-order valence-corrected chi connectivity index (χ4v) is 3.24. The summed E-state index contributed by atoms with van der Waals surface area (Å²) < 4.78 is 0. The topological polar surface area (TPSA) is 29.3 Å². The van der Waals surface area contributed by atoms with Crippen LogP contribution in [0.1, 0.15) is 40.0 Å². The molecular weight excluding hydrogens is 172 g/mol. The van der Waals surface area contributed by atoms with Crippen LogP contribution < -0.4 is 5.73 Å². The number of rotatable bonds is 3. The van der Waals surface area contributed by atoms with Crippen LogP contribution in [0.15, 0.2) is 0 Å². The number of likely N-dealkylation sites (tertiary alicyclic amines) is 1. The lowest BCUT2D eigenvalue weighted by Crippen LogP contribution is -2.54. The van der Waals surface area contributed by atoms with E-state index in [0.717, 1.165) is 24.4 Å². The summed E-state index contributed by atoms with van der Waals surface area (Å²) in [4.78, 5) is 2.68. The Hall–Kier alpha value is -0.0800. The minimum absolute atomic E-state index is 0.296. The van der Waals surface area contributed by atoms with E-state index in [1.165, 1.54) is 25.8 Å². The molecule has 0 aromatic rings. The molecule has 0 aromatic carbocycles. The summed E-state index contributed by atoms with van der Waals surface area (Å²) in [6.45, 7) is 9.18. The summed E-state index contributed by atoms with van der Waals surface area (Å²) in [6, 6.07) is 0.735. The Morgan fingerprint density at radius 1 is 1.36 bits per heavy atom. The smallest absolute Gasteiger partial charge is 0.0334 e. The Balaban J connectivity index is 2.11. The predicted octanol–water partition coefficient (Wildman–Crippen LogP) is 1.84. The Morgan fingerprint density at radius 2 is 2.00 bits per heavy atom. The van der Waals surface area contributed by atoms with E-state index in [1.54, 1.807) is 0 Å². The summed E-state index contributed by atoms with van der Waals surface area (Å²) >= 11 is 0. The Kier molecular flexibility index (Phi) is 2.61. The van der Waals surface area contributed by atoms with E-state index < -0.39 is 0 Å². The van der Waals surface area contributed by atoms with E-state index >= 15 is 0 Å². The third-order valence-corrected chi connectivity index (χ3v) is 4.31. The molecule has 0 bridgehead atoms. The zero-order chi connectivity index (χ0) is 10.3. The fourth-order valence-electron chi connectivity index (χ4n) is 3.24. The summed E-state index contributed by atoms with van der Waals surface area (Å²) in [5, 5.41) is 0. The van der Waals surface area contributed by atoms with Gasteiger partial charge in [-0.25, -0.2) is 0 Å². The van der Waals surface area contributed by atoms with Gasteiger partial charge in [-0.05, 0) is 44.9 Å². The molecule has 3 unspecified atom stereocenters. The molecule has 2 rings (SSSR count). The first-order valence-corrected chi connectivity index (χ1v) is 6.04. The molecule has 1 aliphatic heterocycles. The van der Waals surface area contributed by atoms with Gasteiger partial charge >= 0.3 is 0 Å². The molecule has 0 amide bonds. The van der Waals surface area contributed by atoms with Crippen LogP contribution in [0.25, 0.3) is 0 Å². The first-order chi connectivity index (χ1) is 6.58. The molecule has 1 saturated carbocycles. The van der Waals surface area contributed by atoms with Gasteiger partial charge in [0, 0.05) is 24.7 Å². The number of hydrogen-bond donors (Lipinski definition) is 1. The normalized spacial score (nSPS) is 38.6. The highest BCUT2D eigenvalue weighted by atomic mass is 15.3. The van der Waals surface area contributed by atoms with Gasteiger partial charge in [-0.15, -0.1) is 0 Å². The molecule has 14 heavy (non-hydrogen) atoms. The minimum atomic E-state index is 0.296. The molecule has 0 aromatic heterocycles. The van der Waals surface area contributed by atoms with Gasteiger partial charge in [0.2, 0.25) is 0 Å². The summed E-state index contributed by atoms with van der Waals surface area (Å²) in [7, 11) is 0. The van der Waals surface area contributed by atoms with E-state index in [0.29, 0.717) is 5.54 Å². The van der Waals surface area contributed by atoms with Crippen LogP contribution in [-0.4, -0.2) is 29.6 Å². The lowest BCUT2D eigenvalue weighted by Gasteiger charge is -2.41. The molecule has 1 heterocycles. The molecule has 1 saturated heterocycles. The molecule has 3 atom stereocenters. The molecule has 0 radical (unpaired) electrons. The fraction of sp³-hybridized carbons (Fsp3) is 1.00. The largest absolute Gasteiger partial charge is 0.329 e. The molecule has 1 aliphatic carbocycles. The molecular formula is C12H24N2. The van der Waals surface area contributed by atoms with Crippen LogP contribution in [0.4, 0.5) is 0 Å². The highest BCUT2D eigenvalue weighted by Crippen LogP contribution is 2.45. The predicted molar refractivity (Wildman–Crippen MR) is 60.1 cm³/mol. The molecule has 0 spiro atoms.